The summed E-state index contributed by atoms with van der Waals surface area (Å²) in [5, 5.41) is 18.4. The summed E-state index contributed by atoms with van der Waals surface area (Å²) >= 11 is 6.41. The molecule has 2 N–H and O–H groups in total. The number of benzene rings is 2. The van der Waals surface area contributed by atoms with Gasteiger partial charge in [0.2, 0.25) is 0 Å². The number of para-hydroxylation sites is 1. The standard InChI is InChI=1S/C31H29ClF2N6O2/c1-31(2)9-7-19-26(15-31)37-30(38-29(19)36-25-8-10-35-16-22(25)32)28-20-5-3-4-6-27(20)40(39-28)17-21-23(33)13-18(14-24(21)34)42-12-11-41/h3-6,8,10,13-14,16,41H,7,9,11-12,15,17H2,1-2H3,(H,35,36,37,38). The Morgan fingerprint density at radius 3 is 2.67 bits per heavy atom. The van der Waals surface area contributed by atoms with Crippen LogP contribution in [0.5, 0.6) is 5.75 Å². The lowest BCUT2D eigenvalue weighted by Gasteiger charge is -2.31. The van der Waals surface area contributed by atoms with Crippen molar-refractivity contribution < 1.29 is 18.6 Å². The van der Waals surface area contributed by atoms with Crippen LogP contribution >= 0.6 is 11.6 Å². The number of anilines is 2. The minimum Gasteiger partial charge on any atom is -0.491 e. The van der Waals surface area contributed by atoms with Gasteiger partial charge >= 0.3 is 0 Å². The largest absolute Gasteiger partial charge is 0.491 e. The second-order valence-electron chi connectivity index (χ2n) is 11.1. The molecule has 0 aliphatic heterocycles. The molecular formula is C31H29ClF2N6O2. The molecular weight excluding hydrogens is 562 g/mol. The summed E-state index contributed by atoms with van der Waals surface area (Å²) in [5.74, 6) is -0.474. The van der Waals surface area contributed by atoms with E-state index in [1.807, 2.05) is 24.3 Å². The Kier molecular flexibility index (Phi) is 7.51. The topological polar surface area (TPSA) is 98.0 Å². The molecule has 5 aromatic rings. The molecule has 0 saturated heterocycles. The predicted molar refractivity (Wildman–Crippen MR) is 157 cm³/mol. The van der Waals surface area contributed by atoms with Crippen LogP contribution in [0, 0.1) is 17.0 Å². The van der Waals surface area contributed by atoms with Crippen molar-refractivity contribution in [3.63, 3.8) is 0 Å². The number of pyridine rings is 1. The Morgan fingerprint density at radius 1 is 1.12 bits per heavy atom. The SMILES string of the molecule is CC1(C)CCc2c(nc(-c3nn(Cc4c(F)cc(OCCO)cc4F)c4ccccc34)nc2Nc2ccncc2Cl)C1. The predicted octanol–water partition coefficient (Wildman–Crippen LogP) is 6.50. The van der Waals surface area contributed by atoms with Crippen LogP contribution in [0.4, 0.5) is 20.3 Å². The molecule has 0 fully saturated rings. The quantitative estimate of drug-likeness (QED) is 0.213. The summed E-state index contributed by atoms with van der Waals surface area (Å²) in [7, 11) is 0. The first-order valence-electron chi connectivity index (χ1n) is 13.7. The molecule has 0 unspecified atom stereocenters. The number of rotatable bonds is 8. The lowest BCUT2D eigenvalue weighted by atomic mass is 9.76. The number of aliphatic hydroxyl groups is 1. The Bertz CT molecular complexity index is 1770. The van der Waals surface area contributed by atoms with Crippen LogP contribution in [0.2, 0.25) is 5.02 Å². The third-order valence-electron chi connectivity index (χ3n) is 7.47. The van der Waals surface area contributed by atoms with Gasteiger partial charge in [0, 0.05) is 41.0 Å². The van der Waals surface area contributed by atoms with Crippen LogP contribution < -0.4 is 10.1 Å². The lowest BCUT2D eigenvalue weighted by molar-refractivity contribution is 0.200. The van der Waals surface area contributed by atoms with Crippen LogP contribution in [0.25, 0.3) is 22.4 Å². The van der Waals surface area contributed by atoms with E-state index in [9.17, 15) is 0 Å². The van der Waals surface area contributed by atoms with Gasteiger partial charge in [-0.25, -0.2) is 18.7 Å². The van der Waals surface area contributed by atoms with E-state index < -0.39 is 11.6 Å². The number of nitrogens with zero attached hydrogens (tertiary/aromatic N) is 5. The smallest absolute Gasteiger partial charge is 0.182 e. The fourth-order valence-corrected chi connectivity index (χ4v) is 5.46. The van der Waals surface area contributed by atoms with Crippen molar-refractivity contribution in [1.82, 2.24) is 24.7 Å². The van der Waals surface area contributed by atoms with E-state index in [1.54, 1.807) is 23.1 Å². The first-order chi connectivity index (χ1) is 20.2. The summed E-state index contributed by atoms with van der Waals surface area (Å²) in [5.41, 5.74) is 3.73. The average molecular weight is 591 g/mol. The molecule has 11 heteroatoms. The highest BCUT2D eigenvalue weighted by atomic mass is 35.5. The van der Waals surface area contributed by atoms with Gasteiger partial charge in [0.15, 0.2) is 5.82 Å². The zero-order valence-electron chi connectivity index (χ0n) is 23.2. The van der Waals surface area contributed by atoms with Crippen LogP contribution in [-0.2, 0) is 19.4 Å². The second-order valence-corrected chi connectivity index (χ2v) is 11.5. The fourth-order valence-electron chi connectivity index (χ4n) is 5.30. The minimum atomic E-state index is -0.767. The molecule has 2 aromatic carbocycles. The van der Waals surface area contributed by atoms with E-state index in [1.165, 1.54) is 0 Å². The van der Waals surface area contributed by atoms with E-state index in [-0.39, 0.29) is 36.5 Å². The van der Waals surface area contributed by atoms with Gasteiger partial charge in [0.1, 0.15) is 35.5 Å². The summed E-state index contributed by atoms with van der Waals surface area (Å²) in [6.45, 7) is 3.96. The maximum absolute atomic E-state index is 15.0. The Labute approximate surface area is 246 Å². The summed E-state index contributed by atoms with van der Waals surface area (Å²) < 4.78 is 36.8. The molecule has 3 heterocycles. The van der Waals surface area contributed by atoms with Gasteiger partial charge in [-0.1, -0.05) is 43.6 Å². The third kappa shape index (κ3) is 5.52. The van der Waals surface area contributed by atoms with Gasteiger partial charge in [-0.2, -0.15) is 5.10 Å². The molecule has 6 rings (SSSR count). The van der Waals surface area contributed by atoms with Crippen molar-refractivity contribution in [3.05, 3.63) is 88.3 Å². The highest BCUT2D eigenvalue weighted by Gasteiger charge is 2.30. The van der Waals surface area contributed by atoms with Gasteiger partial charge in [-0.05, 0) is 36.8 Å². The van der Waals surface area contributed by atoms with Gasteiger partial charge in [0.05, 0.1) is 35.1 Å². The number of fused-ring (bicyclic) bond motifs is 2. The molecule has 1 aliphatic carbocycles. The average Bonchev–Trinajstić information content (AvgIpc) is 3.32. The Balaban J connectivity index is 1.45. The van der Waals surface area contributed by atoms with Gasteiger partial charge in [-0.3, -0.25) is 9.67 Å². The number of halogens is 3. The van der Waals surface area contributed by atoms with Crippen molar-refractivity contribution in [2.75, 3.05) is 18.5 Å². The number of hydrogen-bond donors (Lipinski definition) is 2. The molecule has 0 bridgehead atoms. The summed E-state index contributed by atoms with van der Waals surface area (Å²) in [4.78, 5) is 14.0. The van der Waals surface area contributed by atoms with E-state index in [4.69, 9.17) is 36.5 Å². The van der Waals surface area contributed by atoms with Crippen LogP contribution in [0.1, 0.15) is 37.1 Å². The maximum Gasteiger partial charge on any atom is 0.182 e. The van der Waals surface area contributed by atoms with Crippen molar-refractivity contribution in [2.45, 2.75) is 39.7 Å². The van der Waals surface area contributed by atoms with E-state index in [2.05, 4.69) is 24.1 Å². The van der Waals surface area contributed by atoms with Crippen molar-refractivity contribution in [3.8, 4) is 17.3 Å². The molecule has 0 saturated carbocycles. The third-order valence-corrected chi connectivity index (χ3v) is 7.77. The van der Waals surface area contributed by atoms with Crippen LogP contribution in [0.3, 0.4) is 0 Å². The number of ether oxygens (including phenoxy) is 1. The van der Waals surface area contributed by atoms with Crippen molar-refractivity contribution >= 4 is 34.0 Å². The van der Waals surface area contributed by atoms with Crippen LogP contribution in [0.15, 0.2) is 54.9 Å². The zero-order valence-corrected chi connectivity index (χ0v) is 23.9. The highest BCUT2D eigenvalue weighted by molar-refractivity contribution is 6.33. The lowest BCUT2D eigenvalue weighted by Crippen LogP contribution is -2.25. The number of aliphatic hydroxyl groups excluding tert-OH is 1. The minimum absolute atomic E-state index is 0.00789. The highest BCUT2D eigenvalue weighted by Crippen LogP contribution is 2.39. The molecule has 0 spiro atoms. The molecule has 0 amide bonds. The monoisotopic (exact) mass is 590 g/mol. The number of hydrogen-bond acceptors (Lipinski definition) is 7. The molecule has 8 nitrogen and oxygen atoms in total. The van der Waals surface area contributed by atoms with Crippen molar-refractivity contribution in [2.24, 2.45) is 5.41 Å². The Hall–Kier alpha value is -4.15. The first kappa shape index (κ1) is 28.0. The number of aromatic nitrogens is 5. The first-order valence-corrected chi connectivity index (χ1v) is 14.0. The second kappa shape index (κ2) is 11.3. The molecule has 216 valence electrons. The van der Waals surface area contributed by atoms with E-state index in [0.717, 1.165) is 48.0 Å². The van der Waals surface area contributed by atoms with E-state index >= 15 is 8.78 Å². The molecule has 0 atom stereocenters. The summed E-state index contributed by atoms with van der Waals surface area (Å²) in [6, 6.07) is 11.5. The molecule has 3 aromatic heterocycles. The Morgan fingerprint density at radius 2 is 1.90 bits per heavy atom. The van der Waals surface area contributed by atoms with Crippen molar-refractivity contribution in [1.29, 1.82) is 0 Å². The molecule has 0 radical (unpaired) electrons. The van der Waals surface area contributed by atoms with Gasteiger partial charge < -0.3 is 15.2 Å². The van der Waals surface area contributed by atoms with E-state index in [0.29, 0.717) is 33.6 Å². The summed E-state index contributed by atoms with van der Waals surface area (Å²) in [6.07, 6.45) is 5.78. The molecule has 42 heavy (non-hydrogen) atoms. The van der Waals surface area contributed by atoms with Crippen LogP contribution in [-0.4, -0.2) is 43.1 Å². The number of nitrogens with one attached hydrogen (secondary N) is 1. The van der Waals surface area contributed by atoms with Gasteiger partial charge in [-0.15, -0.1) is 0 Å². The normalized spacial score (nSPS) is 14.1. The van der Waals surface area contributed by atoms with Gasteiger partial charge in [0.25, 0.3) is 0 Å². The maximum atomic E-state index is 15.0. The molecule has 1 aliphatic rings. The fraction of sp³-hybridized carbons (Fsp3) is 0.290. The zero-order chi connectivity index (χ0) is 29.4.